The Kier molecular flexibility index (Phi) is 6.03. The molecular weight excluding hydrogens is 316 g/mol. The highest BCUT2D eigenvalue weighted by Crippen LogP contribution is 2.36. The molecule has 0 aromatic carbocycles. The summed E-state index contributed by atoms with van der Waals surface area (Å²) in [7, 11) is 0. The van der Waals surface area contributed by atoms with Gasteiger partial charge in [0.25, 0.3) is 0 Å². The first-order chi connectivity index (χ1) is 10.6. The van der Waals surface area contributed by atoms with E-state index in [9.17, 15) is 4.79 Å². The Bertz CT molecular complexity index is 528. The van der Waals surface area contributed by atoms with E-state index < -0.39 is 5.54 Å². The van der Waals surface area contributed by atoms with Gasteiger partial charge in [-0.25, -0.2) is 0 Å². The number of carbonyl (C=O) groups is 1. The standard InChI is InChI=1S/C16H26N4O2.ClH/c1-11-18-15(20-22-11)16(8-3-2-4-9-16)19-14(21)10-12-6-5-7-13(12)17;/h12-13H,2-10,17H2,1H3,(H,19,21);1H/t12-,13+;/m0./s1. The molecule has 23 heavy (non-hydrogen) atoms. The molecule has 2 aliphatic rings. The molecule has 130 valence electrons. The maximum Gasteiger partial charge on any atom is 0.223 e. The van der Waals surface area contributed by atoms with E-state index in [1.165, 1.54) is 6.42 Å². The van der Waals surface area contributed by atoms with Crippen LogP contribution in [0.5, 0.6) is 0 Å². The van der Waals surface area contributed by atoms with Crippen LogP contribution in [-0.2, 0) is 10.3 Å². The lowest BCUT2D eigenvalue weighted by Gasteiger charge is -2.35. The third kappa shape index (κ3) is 4.04. The van der Waals surface area contributed by atoms with Crippen LogP contribution in [0, 0.1) is 12.8 Å². The highest BCUT2D eigenvalue weighted by Gasteiger charge is 2.40. The normalized spacial score (nSPS) is 26.5. The van der Waals surface area contributed by atoms with Gasteiger partial charge >= 0.3 is 0 Å². The molecule has 1 heterocycles. The summed E-state index contributed by atoms with van der Waals surface area (Å²) in [5, 5.41) is 7.32. The highest BCUT2D eigenvalue weighted by atomic mass is 35.5. The molecule has 2 fully saturated rings. The van der Waals surface area contributed by atoms with Crippen molar-refractivity contribution >= 4 is 18.3 Å². The van der Waals surface area contributed by atoms with Crippen molar-refractivity contribution in [2.75, 3.05) is 0 Å². The molecule has 0 bridgehead atoms. The molecule has 6 nitrogen and oxygen atoms in total. The Balaban J connectivity index is 0.00000192. The fourth-order valence-electron chi connectivity index (χ4n) is 3.93. The molecule has 1 aromatic heterocycles. The van der Waals surface area contributed by atoms with Crippen molar-refractivity contribution < 1.29 is 9.32 Å². The number of nitrogens with two attached hydrogens (primary N) is 1. The van der Waals surface area contributed by atoms with Gasteiger partial charge in [-0.3, -0.25) is 4.79 Å². The Labute approximate surface area is 143 Å². The van der Waals surface area contributed by atoms with Crippen LogP contribution in [0.4, 0.5) is 0 Å². The topological polar surface area (TPSA) is 94.0 Å². The monoisotopic (exact) mass is 342 g/mol. The SMILES string of the molecule is Cc1nc(C2(NC(=O)C[C@@H]3CCC[C@H]3N)CCCCC2)no1.Cl. The van der Waals surface area contributed by atoms with Crippen LogP contribution < -0.4 is 11.1 Å². The molecule has 3 rings (SSSR count). The lowest BCUT2D eigenvalue weighted by molar-refractivity contribution is -0.124. The van der Waals surface area contributed by atoms with Gasteiger partial charge in [-0.1, -0.05) is 30.8 Å². The quantitative estimate of drug-likeness (QED) is 0.877. The van der Waals surface area contributed by atoms with Gasteiger partial charge in [-0.2, -0.15) is 4.98 Å². The summed E-state index contributed by atoms with van der Waals surface area (Å²) in [4.78, 5) is 16.9. The second-order valence-corrected chi connectivity index (χ2v) is 6.89. The fraction of sp³-hybridized carbons (Fsp3) is 0.812. The maximum absolute atomic E-state index is 12.5. The van der Waals surface area contributed by atoms with Crippen LogP contribution in [-0.4, -0.2) is 22.1 Å². The zero-order valence-corrected chi connectivity index (χ0v) is 14.5. The fourth-order valence-corrected chi connectivity index (χ4v) is 3.93. The molecule has 1 aromatic rings. The van der Waals surface area contributed by atoms with E-state index in [-0.39, 0.29) is 24.4 Å². The van der Waals surface area contributed by atoms with Gasteiger partial charge in [0, 0.05) is 19.4 Å². The molecule has 0 unspecified atom stereocenters. The number of hydrogen-bond donors (Lipinski definition) is 2. The van der Waals surface area contributed by atoms with E-state index in [2.05, 4.69) is 15.5 Å². The number of amides is 1. The Morgan fingerprint density at radius 3 is 2.61 bits per heavy atom. The van der Waals surface area contributed by atoms with E-state index in [1.54, 1.807) is 6.92 Å². The summed E-state index contributed by atoms with van der Waals surface area (Å²) in [6.45, 7) is 1.78. The van der Waals surface area contributed by atoms with Crippen LogP contribution >= 0.6 is 12.4 Å². The number of aryl methyl sites for hydroxylation is 1. The van der Waals surface area contributed by atoms with Gasteiger partial charge in [-0.15, -0.1) is 12.4 Å². The smallest absolute Gasteiger partial charge is 0.223 e. The molecule has 7 heteroatoms. The number of aromatic nitrogens is 2. The molecule has 2 aliphatic carbocycles. The van der Waals surface area contributed by atoms with Gasteiger partial charge in [-0.05, 0) is 31.6 Å². The highest BCUT2D eigenvalue weighted by molar-refractivity contribution is 5.85. The number of rotatable bonds is 4. The van der Waals surface area contributed by atoms with Gasteiger partial charge in [0.15, 0.2) is 5.82 Å². The minimum atomic E-state index is -0.449. The van der Waals surface area contributed by atoms with E-state index >= 15 is 0 Å². The van der Waals surface area contributed by atoms with Gasteiger partial charge in [0.1, 0.15) is 5.54 Å². The zero-order chi connectivity index (χ0) is 15.6. The average molecular weight is 343 g/mol. The molecule has 0 aliphatic heterocycles. The summed E-state index contributed by atoms with van der Waals surface area (Å²) in [5.74, 6) is 1.57. The van der Waals surface area contributed by atoms with E-state index in [0.717, 1.165) is 44.9 Å². The molecule has 3 N–H and O–H groups in total. The van der Waals surface area contributed by atoms with Crippen LogP contribution in [0.1, 0.15) is 69.5 Å². The minimum Gasteiger partial charge on any atom is -0.343 e. The van der Waals surface area contributed by atoms with Crippen molar-refractivity contribution in [3.63, 3.8) is 0 Å². The lowest BCUT2D eigenvalue weighted by Crippen LogP contribution is -2.48. The maximum atomic E-state index is 12.5. The molecule has 1 amide bonds. The van der Waals surface area contributed by atoms with Crippen LogP contribution in [0.2, 0.25) is 0 Å². The molecule has 0 radical (unpaired) electrons. The zero-order valence-electron chi connectivity index (χ0n) is 13.7. The molecular formula is C16H27ClN4O2. The first-order valence-corrected chi connectivity index (χ1v) is 8.46. The predicted octanol–water partition coefficient (Wildman–Crippen LogP) is 2.59. The van der Waals surface area contributed by atoms with E-state index in [0.29, 0.717) is 24.1 Å². The van der Waals surface area contributed by atoms with Crippen LogP contribution in [0.25, 0.3) is 0 Å². The van der Waals surface area contributed by atoms with Crippen molar-refractivity contribution in [2.24, 2.45) is 11.7 Å². The first-order valence-electron chi connectivity index (χ1n) is 8.46. The van der Waals surface area contributed by atoms with E-state index in [4.69, 9.17) is 10.3 Å². The largest absolute Gasteiger partial charge is 0.343 e. The molecule has 0 spiro atoms. The van der Waals surface area contributed by atoms with Crippen molar-refractivity contribution in [1.29, 1.82) is 0 Å². The predicted molar refractivity (Wildman–Crippen MR) is 89.1 cm³/mol. The van der Waals surface area contributed by atoms with Crippen molar-refractivity contribution in [3.8, 4) is 0 Å². The van der Waals surface area contributed by atoms with Crippen LogP contribution in [0.15, 0.2) is 4.52 Å². The summed E-state index contributed by atoms with van der Waals surface area (Å²) in [5.41, 5.74) is 5.64. The van der Waals surface area contributed by atoms with Gasteiger partial charge < -0.3 is 15.6 Å². The van der Waals surface area contributed by atoms with Crippen molar-refractivity contribution in [2.45, 2.75) is 76.3 Å². The van der Waals surface area contributed by atoms with Gasteiger partial charge in [0.05, 0.1) is 0 Å². The summed E-state index contributed by atoms with van der Waals surface area (Å²) in [6.07, 6.45) is 8.86. The second kappa shape index (κ2) is 7.62. The Hall–Kier alpha value is -1.14. The summed E-state index contributed by atoms with van der Waals surface area (Å²) >= 11 is 0. The minimum absolute atomic E-state index is 0. The van der Waals surface area contributed by atoms with Crippen molar-refractivity contribution in [1.82, 2.24) is 15.5 Å². The average Bonchev–Trinajstić information content (AvgIpc) is 3.10. The van der Waals surface area contributed by atoms with Gasteiger partial charge in [0.2, 0.25) is 11.8 Å². The van der Waals surface area contributed by atoms with Crippen LogP contribution in [0.3, 0.4) is 0 Å². The lowest BCUT2D eigenvalue weighted by atomic mass is 9.80. The summed E-state index contributed by atoms with van der Waals surface area (Å²) in [6, 6.07) is 0.167. The number of halogens is 1. The Morgan fingerprint density at radius 1 is 1.30 bits per heavy atom. The number of nitrogens with zero attached hydrogens (tertiary/aromatic N) is 2. The summed E-state index contributed by atoms with van der Waals surface area (Å²) < 4.78 is 5.14. The second-order valence-electron chi connectivity index (χ2n) is 6.89. The third-order valence-electron chi connectivity index (χ3n) is 5.21. The number of nitrogens with one attached hydrogen (secondary N) is 1. The number of carbonyl (C=O) groups excluding carboxylic acids is 1. The van der Waals surface area contributed by atoms with Crippen molar-refractivity contribution in [3.05, 3.63) is 11.7 Å². The van der Waals surface area contributed by atoms with E-state index in [1.807, 2.05) is 0 Å². The molecule has 2 atom stereocenters. The first kappa shape index (κ1) is 18.2. The Morgan fingerprint density at radius 2 is 2.04 bits per heavy atom. The number of hydrogen-bond acceptors (Lipinski definition) is 5. The molecule has 2 saturated carbocycles. The third-order valence-corrected chi connectivity index (χ3v) is 5.21. The molecule has 0 saturated heterocycles.